The molecule has 21 heavy (non-hydrogen) atoms. The fourth-order valence-electron chi connectivity index (χ4n) is 2.56. The van der Waals surface area contributed by atoms with Gasteiger partial charge in [-0.15, -0.1) is 0 Å². The topological polar surface area (TPSA) is 37.8 Å². The smallest absolute Gasteiger partial charge is 0.162 e. The van der Waals surface area contributed by atoms with E-state index in [-0.39, 0.29) is 0 Å². The van der Waals surface area contributed by atoms with Gasteiger partial charge in [0.1, 0.15) is 5.82 Å². The van der Waals surface area contributed by atoms with Crippen LogP contribution < -0.4 is 5.32 Å². The van der Waals surface area contributed by atoms with Gasteiger partial charge in [0.25, 0.3) is 0 Å². The molecule has 0 saturated heterocycles. The van der Waals surface area contributed by atoms with Crippen molar-refractivity contribution in [2.45, 2.75) is 39.5 Å². The summed E-state index contributed by atoms with van der Waals surface area (Å²) in [7, 11) is 0. The van der Waals surface area contributed by atoms with Gasteiger partial charge in [-0.2, -0.15) is 0 Å². The van der Waals surface area contributed by atoms with Crippen LogP contribution in [0.3, 0.4) is 0 Å². The second-order valence-corrected chi connectivity index (χ2v) is 6.51. The number of hydrogen-bond acceptors (Lipinski definition) is 3. The molecule has 1 aromatic carbocycles. The monoisotopic (exact) mass is 345 g/mol. The highest BCUT2D eigenvalue weighted by Gasteiger charge is 2.29. The van der Waals surface area contributed by atoms with Crippen LogP contribution in [0.15, 0.2) is 22.7 Å². The molecule has 1 aliphatic rings. The molecule has 1 aliphatic carbocycles. The Morgan fingerprint density at radius 3 is 2.62 bits per heavy atom. The molecule has 3 rings (SSSR count). The molecule has 0 aliphatic heterocycles. The Balaban J connectivity index is 2.13. The van der Waals surface area contributed by atoms with E-state index in [2.05, 4.69) is 60.2 Å². The van der Waals surface area contributed by atoms with Crippen LogP contribution in [0, 0.1) is 13.8 Å². The third kappa shape index (κ3) is 2.95. The van der Waals surface area contributed by atoms with E-state index < -0.39 is 0 Å². The van der Waals surface area contributed by atoms with Crippen molar-refractivity contribution in [3.63, 3.8) is 0 Å². The number of aromatic nitrogens is 2. The van der Waals surface area contributed by atoms with Crippen LogP contribution in [0.25, 0.3) is 11.4 Å². The summed E-state index contributed by atoms with van der Waals surface area (Å²) in [4.78, 5) is 9.56. The predicted molar refractivity (Wildman–Crippen MR) is 90.8 cm³/mol. The summed E-state index contributed by atoms with van der Waals surface area (Å²) >= 11 is 3.67. The molecular weight excluding hydrogens is 326 g/mol. The van der Waals surface area contributed by atoms with Crippen molar-refractivity contribution < 1.29 is 0 Å². The van der Waals surface area contributed by atoms with E-state index >= 15 is 0 Å². The quantitative estimate of drug-likeness (QED) is 0.861. The highest BCUT2D eigenvalue weighted by molar-refractivity contribution is 9.10. The van der Waals surface area contributed by atoms with Gasteiger partial charge in [0.05, 0.1) is 10.2 Å². The molecule has 0 unspecified atom stereocenters. The first kappa shape index (κ1) is 14.5. The molecule has 1 saturated carbocycles. The molecule has 0 bridgehead atoms. The number of hydrogen-bond donors (Lipinski definition) is 1. The minimum Gasteiger partial charge on any atom is -0.369 e. The second-order valence-electron chi connectivity index (χ2n) is 5.72. The van der Waals surface area contributed by atoms with E-state index in [9.17, 15) is 0 Å². The molecule has 1 aromatic heterocycles. The lowest BCUT2D eigenvalue weighted by Crippen LogP contribution is -2.06. The van der Waals surface area contributed by atoms with E-state index in [4.69, 9.17) is 9.97 Å². The third-order valence-corrected chi connectivity index (χ3v) is 4.59. The normalized spacial score (nSPS) is 14.3. The zero-order valence-corrected chi connectivity index (χ0v) is 14.3. The fourth-order valence-corrected chi connectivity index (χ4v) is 3.20. The van der Waals surface area contributed by atoms with Crippen molar-refractivity contribution in [3.05, 3.63) is 39.5 Å². The molecular formula is C17H20BrN3. The summed E-state index contributed by atoms with van der Waals surface area (Å²) in [5, 5.41) is 3.34. The van der Waals surface area contributed by atoms with Gasteiger partial charge in [0.15, 0.2) is 5.82 Å². The Bertz CT molecular complexity index is 678. The number of aryl methyl sites for hydroxylation is 2. The highest BCUT2D eigenvalue weighted by atomic mass is 79.9. The van der Waals surface area contributed by atoms with Crippen LogP contribution >= 0.6 is 15.9 Å². The van der Waals surface area contributed by atoms with Crippen LogP contribution in [0.1, 0.15) is 42.5 Å². The average Bonchev–Trinajstić information content (AvgIpc) is 3.26. The lowest BCUT2D eigenvalue weighted by Gasteiger charge is -2.13. The molecule has 0 amide bonds. The van der Waals surface area contributed by atoms with Crippen molar-refractivity contribution in [2.24, 2.45) is 0 Å². The molecule has 1 fully saturated rings. The fraction of sp³-hybridized carbons (Fsp3) is 0.412. The second kappa shape index (κ2) is 5.76. The zero-order chi connectivity index (χ0) is 15.0. The molecule has 4 heteroatoms. The molecule has 1 N–H and O–H groups in total. The van der Waals surface area contributed by atoms with Crippen molar-refractivity contribution >= 4 is 21.7 Å². The first-order valence-corrected chi connectivity index (χ1v) is 8.28. The molecule has 0 radical (unpaired) electrons. The minimum atomic E-state index is 0.587. The Hall–Kier alpha value is -1.42. The van der Waals surface area contributed by atoms with E-state index in [0.717, 1.165) is 33.9 Å². The first-order valence-electron chi connectivity index (χ1n) is 7.49. The summed E-state index contributed by atoms with van der Waals surface area (Å²) < 4.78 is 1.03. The minimum absolute atomic E-state index is 0.587. The lowest BCUT2D eigenvalue weighted by molar-refractivity contribution is 0.972. The predicted octanol–water partition coefficient (Wildman–Crippen LogP) is 4.83. The van der Waals surface area contributed by atoms with Crippen molar-refractivity contribution in [1.82, 2.24) is 9.97 Å². The summed E-state index contributed by atoms with van der Waals surface area (Å²) in [6.45, 7) is 7.17. The van der Waals surface area contributed by atoms with Crippen molar-refractivity contribution in [1.29, 1.82) is 0 Å². The Morgan fingerprint density at radius 2 is 2.00 bits per heavy atom. The van der Waals surface area contributed by atoms with Gasteiger partial charge < -0.3 is 5.32 Å². The average molecular weight is 346 g/mol. The molecule has 1 heterocycles. The number of nitrogens with zero attached hydrogens (tertiary/aromatic N) is 2. The van der Waals surface area contributed by atoms with Gasteiger partial charge in [0.2, 0.25) is 0 Å². The standard InChI is InChI=1S/C17H20BrN3/c1-4-19-17-14(18)15(12-6-7-12)20-16(21-17)13-8-5-10(2)9-11(13)3/h5,8-9,12H,4,6-7H2,1-3H3,(H,19,20,21). The zero-order valence-electron chi connectivity index (χ0n) is 12.7. The maximum Gasteiger partial charge on any atom is 0.162 e. The van der Waals surface area contributed by atoms with Gasteiger partial charge in [-0.1, -0.05) is 23.8 Å². The first-order chi connectivity index (χ1) is 10.1. The maximum atomic E-state index is 4.84. The molecule has 3 nitrogen and oxygen atoms in total. The van der Waals surface area contributed by atoms with Crippen LogP contribution in [-0.4, -0.2) is 16.5 Å². The summed E-state index contributed by atoms with van der Waals surface area (Å²) in [6, 6.07) is 6.43. The Kier molecular flexibility index (Phi) is 3.98. The molecule has 110 valence electrons. The number of benzene rings is 1. The highest BCUT2D eigenvalue weighted by Crippen LogP contribution is 2.44. The van der Waals surface area contributed by atoms with Gasteiger partial charge >= 0.3 is 0 Å². The SMILES string of the molecule is CCNc1nc(-c2ccc(C)cc2C)nc(C2CC2)c1Br. The molecule has 0 spiro atoms. The van der Waals surface area contributed by atoms with E-state index in [1.807, 2.05) is 0 Å². The van der Waals surface area contributed by atoms with Crippen molar-refractivity contribution in [2.75, 3.05) is 11.9 Å². The Labute approximate surface area is 134 Å². The number of anilines is 1. The number of nitrogens with one attached hydrogen (secondary N) is 1. The van der Waals surface area contributed by atoms with Gasteiger partial charge in [0, 0.05) is 18.0 Å². The number of halogens is 1. The lowest BCUT2D eigenvalue weighted by atomic mass is 10.0. The van der Waals surface area contributed by atoms with Crippen LogP contribution in [0.5, 0.6) is 0 Å². The largest absolute Gasteiger partial charge is 0.369 e. The third-order valence-electron chi connectivity index (χ3n) is 3.81. The van der Waals surface area contributed by atoms with Crippen molar-refractivity contribution in [3.8, 4) is 11.4 Å². The van der Waals surface area contributed by atoms with Crippen LogP contribution in [0.2, 0.25) is 0 Å². The van der Waals surface area contributed by atoms with Crippen LogP contribution in [-0.2, 0) is 0 Å². The van der Waals surface area contributed by atoms with E-state index in [1.165, 1.54) is 24.0 Å². The Morgan fingerprint density at radius 1 is 1.24 bits per heavy atom. The summed E-state index contributed by atoms with van der Waals surface area (Å²) in [5.41, 5.74) is 4.76. The molecule has 0 atom stereocenters. The van der Waals surface area contributed by atoms with E-state index in [1.54, 1.807) is 0 Å². The maximum absolute atomic E-state index is 4.84. The summed E-state index contributed by atoms with van der Waals surface area (Å²) in [6.07, 6.45) is 2.46. The summed E-state index contributed by atoms with van der Waals surface area (Å²) in [5.74, 6) is 2.32. The van der Waals surface area contributed by atoms with Gasteiger partial charge in [-0.25, -0.2) is 9.97 Å². The van der Waals surface area contributed by atoms with Crippen LogP contribution in [0.4, 0.5) is 5.82 Å². The number of rotatable bonds is 4. The molecule has 2 aromatic rings. The van der Waals surface area contributed by atoms with Gasteiger partial charge in [-0.05, 0) is 55.1 Å². The van der Waals surface area contributed by atoms with Gasteiger partial charge in [-0.3, -0.25) is 0 Å². The van der Waals surface area contributed by atoms with E-state index in [0.29, 0.717) is 5.92 Å².